The van der Waals surface area contributed by atoms with Gasteiger partial charge in [0.15, 0.2) is 0 Å². The van der Waals surface area contributed by atoms with Gasteiger partial charge in [0.25, 0.3) is 5.56 Å². The number of rotatable bonds is 19. The van der Waals surface area contributed by atoms with E-state index >= 15 is 0 Å². The van der Waals surface area contributed by atoms with Crippen LogP contribution < -0.4 is 5.56 Å². The number of hydrogen-bond donors (Lipinski definition) is 0. The monoisotopic (exact) mass is 575 g/mol. The van der Waals surface area contributed by atoms with E-state index in [-0.39, 0.29) is 17.5 Å². The number of aryl methyl sites for hydroxylation is 2. The molecular weight excluding hydrogens is 522 g/mol. The summed E-state index contributed by atoms with van der Waals surface area (Å²) in [7, 11) is 1.68. The number of carbonyl (C=O) groups is 1. The molecule has 0 spiro atoms. The summed E-state index contributed by atoms with van der Waals surface area (Å²) in [6.07, 6.45) is 15.0. The van der Waals surface area contributed by atoms with E-state index in [4.69, 9.17) is 9.72 Å². The maximum absolute atomic E-state index is 13.9. The molecule has 1 atom stereocenters. The molecule has 6 heteroatoms. The second-order valence-corrected chi connectivity index (χ2v) is 11.8. The van der Waals surface area contributed by atoms with Gasteiger partial charge in [0.2, 0.25) is 5.91 Å². The van der Waals surface area contributed by atoms with E-state index in [1.165, 1.54) is 57.8 Å². The average molecular weight is 576 g/mol. The summed E-state index contributed by atoms with van der Waals surface area (Å²) in [6.45, 7) is 9.46. The van der Waals surface area contributed by atoms with Crippen LogP contribution >= 0.6 is 0 Å². The number of carbonyl (C=O) groups excluding carboxylic acids is 1. The minimum Gasteiger partial charge on any atom is -0.385 e. The molecule has 1 heterocycles. The molecule has 0 saturated carbocycles. The number of fused-ring (bicyclic) bond motifs is 1. The summed E-state index contributed by atoms with van der Waals surface area (Å²) in [5.41, 5.74) is 3.49. The fourth-order valence-electron chi connectivity index (χ4n) is 5.86. The Morgan fingerprint density at radius 3 is 2.19 bits per heavy atom. The molecule has 0 saturated heterocycles. The van der Waals surface area contributed by atoms with Crippen molar-refractivity contribution in [1.82, 2.24) is 14.5 Å². The predicted molar refractivity (Wildman–Crippen MR) is 175 cm³/mol. The molecule has 0 radical (unpaired) electrons. The fourth-order valence-corrected chi connectivity index (χ4v) is 5.86. The lowest BCUT2D eigenvalue weighted by Gasteiger charge is -2.31. The number of aromatic nitrogens is 2. The standard InChI is InChI=1S/C36H53N3O3/c1-6-7-8-9-10-11-12-13-14-15-16-22-34(40)38(25-19-26-42-5)30(4)35-37-32-21-18-17-20-31(32)36(41)39(35)33-24-23-28(2)27-29(33)3/h17-18,20-21,23-24,27,30H,6-16,19,22,25-26H2,1-5H3. The van der Waals surface area contributed by atoms with Crippen LogP contribution in [-0.2, 0) is 9.53 Å². The highest BCUT2D eigenvalue weighted by Crippen LogP contribution is 2.26. The normalized spacial score (nSPS) is 12.1. The highest BCUT2D eigenvalue weighted by Gasteiger charge is 2.27. The molecule has 1 amide bonds. The molecular formula is C36H53N3O3. The average Bonchev–Trinajstić information content (AvgIpc) is 2.98. The summed E-state index contributed by atoms with van der Waals surface area (Å²) in [4.78, 5) is 34.5. The molecule has 0 bridgehead atoms. The highest BCUT2D eigenvalue weighted by atomic mass is 16.5. The summed E-state index contributed by atoms with van der Waals surface area (Å²) < 4.78 is 7.04. The molecule has 0 N–H and O–H groups in total. The summed E-state index contributed by atoms with van der Waals surface area (Å²) in [5.74, 6) is 0.708. The minimum absolute atomic E-state index is 0.107. The summed E-state index contributed by atoms with van der Waals surface area (Å²) in [6, 6.07) is 13.2. The Bertz CT molecular complexity index is 1320. The van der Waals surface area contributed by atoms with Crippen molar-refractivity contribution in [2.75, 3.05) is 20.3 Å². The second-order valence-electron chi connectivity index (χ2n) is 11.8. The van der Waals surface area contributed by atoms with Crippen molar-refractivity contribution in [3.8, 4) is 5.69 Å². The lowest BCUT2D eigenvalue weighted by molar-refractivity contribution is -0.134. The van der Waals surface area contributed by atoms with Crippen molar-refractivity contribution >= 4 is 16.8 Å². The number of para-hydroxylation sites is 1. The Morgan fingerprint density at radius 1 is 0.905 bits per heavy atom. The van der Waals surface area contributed by atoms with Crippen LogP contribution in [0.3, 0.4) is 0 Å². The number of amides is 1. The molecule has 0 aliphatic heterocycles. The van der Waals surface area contributed by atoms with Gasteiger partial charge in [-0.1, -0.05) is 101 Å². The van der Waals surface area contributed by atoms with E-state index in [0.717, 1.165) is 36.1 Å². The topological polar surface area (TPSA) is 64.4 Å². The van der Waals surface area contributed by atoms with Crippen LogP contribution in [0.4, 0.5) is 0 Å². The fraction of sp³-hybridized carbons (Fsp3) is 0.583. The molecule has 6 nitrogen and oxygen atoms in total. The van der Waals surface area contributed by atoms with Crippen molar-refractivity contribution < 1.29 is 9.53 Å². The van der Waals surface area contributed by atoms with Gasteiger partial charge in [0.1, 0.15) is 5.82 Å². The quantitative estimate of drug-likeness (QED) is 0.134. The zero-order chi connectivity index (χ0) is 30.3. The number of hydrogen-bond acceptors (Lipinski definition) is 4. The van der Waals surface area contributed by atoms with Crippen LogP contribution in [0.25, 0.3) is 16.6 Å². The Balaban J connectivity index is 1.76. The van der Waals surface area contributed by atoms with Crippen molar-refractivity contribution in [3.63, 3.8) is 0 Å². The van der Waals surface area contributed by atoms with Gasteiger partial charge in [-0.25, -0.2) is 4.98 Å². The largest absolute Gasteiger partial charge is 0.385 e. The molecule has 0 aliphatic carbocycles. The maximum Gasteiger partial charge on any atom is 0.266 e. The first kappa shape index (κ1) is 33.5. The van der Waals surface area contributed by atoms with Gasteiger partial charge in [0, 0.05) is 26.7 Å². The van der Waals surface area contributed by atoms with E-state index in [1.807, 2.05) is 62.1 Å². The highest BCUT2D eigenvalue weighted by molar-refractivity contribution is 5.79. The van der Waals surface area contributed by atoms with E-state index in [0.29, 0.717) is 36.3 Å². The second kappa shape index (κ2) is 17.8. The van der Waals surface area contributed by atoms with Crippen molar-refractivity contribution in [1.29, 1.82) is 0 Å². The SMILES string of the molecule is CCCCCCCCCCCCCC(=O)N(CCCOC)C(C)c1nc2ccccc2c(=O)n1-c1ccc(C)cc1C. The first-order chi connectivity index (χ1) is 20.4. The van der Waals surface area contributed by atoms with Gasteiger partial charge in [-0.15, -0.1) is 0 Å². The Hall–Kier alpha value is -2.99. The molecule has 0 aliphatic rings. The molecule has 3 rings (SSSR count). The van der Waals surface area contributed by atoms with Crippen molar-refractivity contribution in [2.24, 2.45) is 0 Å². The van der Waals surface area contributed by atoms with Crippen LogP contribution in [0.1, 0.15) is 120 Å². The Kier molecular flexibility index (Phi) is 14.2. The molecule has 42 heavy (non-hydrogen) atoms. The lowest BCUT2D eigenvalue weighted by atomic mass is 10.0. The molecule has 3 aromatic rings. The van der Waals surface area contributed by atoms with Gasteiger partial charge >= 0.3 is 0 Å². The maximum atomic E-state index is 13.9. The van der Waals surface area contributed by atoms with Crippen molar-refractivity contribution in [3.05, 3.63) is 69.8 Å². The minimum atomic E-state index is -0.375. The Labute approximate surface area is 253 Å². The summed E-state index contributed by atoms with van der Waals surface area (Å²) in [5, 5.41) is 0.576. The predicted octanol–water partition coefficient (Wildman–Crippen LogP) is 8.63. The van der Waals surface area contributed by atoms with Crippen molar-refractivity contribution in [2.45, 2.75) is 117 Å². The summed E-state index contributed by atoms with van der Waals surface area (Å²) >= 11 is 0. The van der Waals surface area contributed by atoms with Gasteiger partial charge in [-0.3, -0.25) is 14.2 Å². The van der Waals surface area contributed by atoms with Crippen LogP contribution in [0.2, 0.25) is 0 Å². The van der Waals surface area contributed by atoms with E-state index in [1.54, 1.807) is 11.7 Å². The first-order valence-electron chi connectivity index (χ1n) is 16.3. The number of ether oxygens (including phenoxy) is 1. The van der Waals surface area contributed by atoms with E-state index < -0.39 is 0 Å². The number of benzene rings is 2. The molecule has 0 fully saturated rings. The van der Waals surface area contributed by atoms with E-state index in [9.17, 15) is 9.59 Å². The smallest absolute Gasteiger partial charge is 0.266 e. The third-order valence-corrected chi connectivity index (χ3v) is 8.30. The van der Waals surface area contributed by atoms with Gasteiger partial charge in [-0.05, 0) is 57.4 Å². The zero-order valence-electron chi connectivity index (χ0n) is 26.8. The zero-order valence-corrected chi connectivity index (χ0v) is 26.8. The van der Waals surface area contributed by atoms with Crippen LogP contribution in [0, 0.1) is 13.8 Å². The molecule has 2 aromatic carbocycles. The third kappa shape index (κ3) is 9.52. The lowest BCUT2D eigenvalue weighted by Crippen LogP contribution is -2.38. The van der Waals surface area contributed by atoms with Crippen LogP contribution in [0.5, 0.6) is 0 Å². The number of methoxy groups -OCH3 is 1. The van der Waals surface area contributed by atoms with Gasteiger partial charge < -0.3 is 9.64 Å². The van der Waals surface area contributed by atoms with Crippen LogP contribution in [0.15, 0.2) is 47.3 Å². The number of nitrogens with zero attached hydrogens (tertiary/aromatic N) is 3. The molecule has 230 valence electrons. The molecule has 1 unspecified atom stereocenters. The van der Waals surface area contributed by atoms with Gasteiger partial charge in [0.05, 0.1) is 22.6 Å². The van der Waals surface area contributed by atoms with E-state index in [2.05, 4.69) is 13.0 Å². The number of unbranched alkanes of at least 4 members (excludes halogenated alkanes) is 10. The van der Waals surface area contributed by atoms with Gasteiger partial charge in [-0.2, -0.15) is 0 Å². The first-order valence-corrected chi connectivity index (χ1v) is 16.3. The molecule has 1 aromatic heterocycles. The van der Waals surface area contributed by atoms with Crippen LogP contribution in [-0.4, -0.2) is 40.6 Å². The third-order valence-electron chi connectivity index (χ3n) is 8.30. The Morgan fingerprint density at radius 2 is 1.55 bits per heavy atom.